The zero-order valence-electron chi connectivity index (χ0n) is 20.7. The molecule has 3 amide bonds. The molecule has 0 aliphatic carbocycles. The Morgan fingerprint density at radius 1 is 1.11 bits per heavy atom. The van der Waals surface area contributed by atoms with Crippen LogP contribution in [-0.4, -0.2) is 34.6 Å². The minimum atomic E-state index is -0.308. The number of carbonyl (C=O) groups excluding carboxylic acids is 3. The molecule has 1 aliphatic rings. The molecule has 2 heterocycles. The molecule has 186 valence electrons. The van der Waals surface area contributed by atoms with Gasteiger partial charge in [-0.2, -0.15) is 0 Å². The van der Waals surface area contributed by atoms with Crippen molar-refractivity contribution in [3.8, 4) is 0 Å². The number of aromatic nitrogens is 1. The number of fused-ring (bicyclic) bond motifs is 1. The third-order valence-corrected chi connectivity index (χ3v) is 6.46. The van der Waals surface area contributed by atoms with Crippen molar-refractivity contribution in [1.29, 1.82) is 0 Å². The molecule has 3 aromatic rings. The molecule has 2 aromatic carbocycles. The molecular formula is C28H29ClN4O3. The van der Waals surface area contributed by atoms with Crippen molar-refractivity contribution in [2.75, 3.05) is 16.5 Å². The Bertz CT molecular complexity index is 1390. The second-order valence-corrected chi connectivity index (χ2v) is 9.45. The van der Waals surface area contributed by atoms with E-state index in [4.69, 9.17) is 11.6 Å². The smallest absolute Gasteiger partial charge is 0.256 e. The molecule has 36 heavy (non-hydrogen) atoms. The van der Waals surface area contributed by atoms with E-state index in [1.807, 2.05) is 39.8 Å². The first kappa shape index (κ1) is 25.3. The number of alkyl halides is 1. The number of aromatic amines is 1. The molecule has 0 bridgehead atoms. The number of anilines is 2. The van der Waals surface area contributed by atoms with Crippen LogP contribution in [0, 0.1) is 20.8 Å². The number of nitrogens with one attached hydrogen (secondary N) is 4. The number of benzene rings is 2. The first-order valence-corrected chi connectivity index (χ1v) is 12.3. The largest absolute Gasteiger partial charge is 0.357 e. The van der Waals surface area contributed by atoms with Crippen LogP contribution in [0.1, 0.15) is 50.9 Å². The summed E-state index contributed by atoms with van der Waals surface area (Å²) in [5, 5.41) is 8.69. The van der Waals surface area contributed by atoms with Crippen molar-refractivity contribution in [1.82, 2.24) is 10.3 Å². The Balaban J connectivity index is 1.57. The maximum absolute atomic E-state index is 13.0. The van der Waals surface area contributed by atoms with Gasteiger partial charge in [-0.3, -0.25) is 14.4 Å². The number of H-pyrrole nitrogens is 1. The summed E-state index contributed by atoms with van der Waals surface area (Å²) >= 11 is 5.62. The van der Waals surface area contributed by atoms with E-state index in [2.05, 4.69) is 33.1 Å². The normalized spacial score (nSPS) is 14.4. The van der Waals surface area contributed by atoms with Gasteiger partial charge >= 0.3 is 0 Å². The Labute approximate surface area is 215 Å². The van der Waals surface area contributed by atoms with Crippen LogP contribution in [0.2, 0.25) is 0 Å². The highest BCUT2D eigenvalue weighted by Crippen LogP contribution is 2.35. The third kappa shape index (κ3) is 5.36. The predicted molar refractivity (Wildman–Crippen MR) is 144 cm³/mol. The minimum Gasteiger partial charge on any atom is -0.357 e. The fourth-order valence-corrected chi connectivity index (χ4v) is 4.51. The summed E-state index contributed by atoms with van der Waals surface area (Å²) in [6, 6.07) is 13.3. The van der Waals surface area contributed by atoms with Crippen LogP contribution >= 0.6 is 11.6 Å². The van der Waals surface area contributed by atoms with Crippen molar-refractivity contribution < 1.29 is 14.4 Å². The highest BCUT2D eigenvalue weighted by atomic mass is 35.5. The molecule has 0 fully saturated rings. The maximum atomic E-state index is 13.0. The van der Waals surface area contributed by atoms with Gasteiger partial charge in [0.15, 0.2) is 0 Å². The molecule has 0 radical (unpaired) electrons. The minimum absolute atomic E-state index is 0.0616. The average Bonchev–Trinajstić information content (AvgIpc) is 3.28. The van der Waals surface area contributed by atoms with Gasteiger partial charge in [0.2, 0.25) is 5.91 Å². The van der Waals surface area contributed by atoms with E-state index >= 15 is 0 Å². The molecule has 1 atom stereocenters. The summed E-state index contributed by atoms with van der Waals surface area (Å²) < 4.78 is 0. The van der Waals surface area contributed by atoms with E-state index < -0.39 is 0 Å². The van der Waals surface area contributed by atoms with Crippen LogP contribution in [0.15, 0.2) is 42.5 Å². The van der Waals surface area contributed by atoms with Gasteiger partial charge in [0.25, 0.3) is 11.8 Å². The van der Waals surface area contributed by atoms with Gasteiger partial charge in [0, 0.05) is 34.2 Å². The van der Waals surface area contributed by atoms with E-state index in [1.165, 1.54) is 5.56 Å². The molecule has 7 nitrogen and oxygen atoms in total. The van der Waals surface area contributed by atoms with Crippen LogP contribution in [0.3, 0.4) is 0 Å². The van der Waals surface area contributed by atoms with Crippen molar-refractivity contribution in [2.24, 2.45) is 0 Å². The van der Waals surface area contributed by atoms with E-state index in [1.54, 1.807) is 24.3 Å². The molecule has 8 heteroatoms. The Morgan fingerprint density at radius 2 is 1.89 bits per heavy atom. The first-order chi connectivity index (χ1) is 17.2. The molecule has 0 saturated carbocycles. The fraction of sp³-hybridized carbons (Fsp3) is 0.250. The number of aryl methyl sites for hydroxylation is 2. The molecule has 0 spiro atoms. The predicted octanol–water partition coefficient (Wildman–Crippen LogP) is 4.97. The van der Waals surface area contributed by atoms with Crippen molar-refractivity contribution in [3.05, 3.63) is 81.7 Å². The second-order valence-electron chi connectivity index (χ2n) is 9.19. The van der Waals surface area contributed by atoms with Crippen LogP contribution in [0.25, 0.3) is 11.6 Å². The van der Waals surface area contributed by atoms with Crippen LogP contribution in [-0.2, 0) is 16.0 Å². The van der Waals surface area contributed by atoms with Gasteiger partial charge in [-0.05, 0) is 69.5 Å². The van der Waals surface area contributed by atoms with Gasteiger partial charge in [-0.15, -0.1) is 11.6 Å². The number of rotatable bonds is 7. The van der Waals surface area contributed by atoms with Gasteiger partial charge < -0.3 is 20.9 Å². The average molecular weight is 505 g/mol. The Hall–Kier alpha value is -3.84. The standard InChI is InChI=1S/C28H29ClN4O3/c1-15-6-5-7-19(10-15)11-16(2)30-27(35)20-8-9-23-21(12-20)22(28(36)32-23)13-24-17(3)26(18(4)31-24)33-25(34)14-29/h5-10,12-13,16,31H,11,14H2,1-4H3,(H,30,35)(H,32,36)(H,33,34)/b22-13-/t16-/m1/s1. The summed E-state index contributed by atoms with van der Waals surface area (Å²) in [5.41, 5.74) is 7.43. The van der Waals surface area contributed by atoms with Crippen molar-refractivity contribution in [2.45, 2.75) is 40.2 Å². The van der Waals surface area contributed by atoms with Crippen molar-refractivity contribution >= 4 is 52.3 Å². The topological polar surface area (TPSA) is 103 Å². The van der Waals surface area contributed by atoms with Gasteiger partial charge in [0.1, 0.15) is 5.88 Å². The number of amides is 3. The highest BCUT2D eigenvalue weighted by molar-refractivity contribution is 6.35. The van der Waals surface area contributed by atoms with E-state index in [0.29, 0.717) is 33.8 Å². The summed E-state index contributed by atoms with van der Waals surface area (Å²) in [5.74, 6) is -0.912. The second kappa shape index (κ2) is 10.4. The number of carbonyl (C=O) groups is 3. The number of hydrogen-bond donors (Lipinski definition) is 4. The quantitative estimate of drug-likeness (QED) is 0.270. The lowest BCUT2D eigenvalue weighted by Gasteiger charge is -2.15. The third-order valence-electron chi connectivity index (χ3n) is 6.22. The van der Waals surface area contributed by atoms with E-state index in [0.717, 1.165) is 23.2 Å². The molecular weight excluding hydrogens is 476 g/mol. The molecule has 0 saturated heterocycles. The maximum Gasteiger partial charge on any atom is 0.256 e. The molecule has 1 aromatic heterocycles. The lowest BCUT2D eigenvalue weighted by molar-refractivity contribution is -0.114. The van der Waals surface area contributed by atoms with Gasteiger partial charge in [0.05, 0.1) is 11.3 Å². The number of hydrogen-bond acceptors (Lipinski definition) is 3. The monoisotopic (exact) mass is 504 g/mol. The van der Waals surface area contributed by atoms with Gasteiger partial charge in [-0.25, -0.2) is 0 Å². The first-order valence-electron chi connectivity index (χ1n) is 11.7. The van der Waals surface area contributed by atoms with Crippen LogP contribution in [0.4, 0.5) is 11.4 Å². The van der Waals surface area contributed by atoms with Crippen LogP contribution in [0.5, 0.6) is 0 Å². The zero-order chi connectivity index (χ0) is 26.0. The zero-order valence-corrected chi connectivity index (χ0v) is 21.5. The summed E-state index contributed by atoms with van der Waals surface area (Å²) in [7, 11) is 0. The van der Waals surface area contributed by atoms with E-state index in [-0.39, 0.29) is 29.6 Å². The molecule has 0 unspecified atom stereocenters. The van der Waals surface area contributed by atoms with Crippen LogP contribution < -0.4 is 16.0 Å². The SMILES string of the molecule is Cc1cccc(C[C@@H](C)NC(=O)c2ccc3c(c2)/C(=C/c2[nH]c(C)c(NC(=O)CCl)c2C)C(=O)N3)c1. The molecule has 1 aliphatic heterocycles. The van der Waals surface area contributed by atoms with Gasteiger partial charge in [-0.1, -0.05) is 29.8 Å². The Kier molecular flexibility index (Phi) is 7.31. The highest BCUT2D eigenvalue weighted by Gasteiger charge is 2.26. The lowest BCUT2D eigenvalue weighted by Crippen LogP contribution is -2.34. The molecule has 4 rings (SSSR count). The van der Waals surface area contributed by atoms with Crippen molar-refractivity contribution in [3.63, 3.8) is 0 Å². The lowest BCUT2D eigenvalue weighted by atomic mass is 10.0. The summed E-state index contributed by atoms with van der Waals surface area (Å²) in [6.07, 6.45) is 2.46. The Morgan fingerprint density at radius 3 is 2.61 bits per heavy atom. The molecule has 4 N–H and O–H groups in total. The summed E-state index contributed by atoms with van der Waals surface area (Å²) in [4.78, 5) is 40.8. The fourth-order valence-electron chi connectivity index (χ4n) is 4.45. The van der Waals surface area contributed by atoms with E-state index in [9.17, 15) is 14.4 Å². The summed E-state index contributed by atoms with van der Waals surface area (Å²) in [6.45, 7) is 7.71. The number of halogens is 1.